The first-order valence-electron chi connectivity index (χ1n) is 7.04. The van der Waals surface area contributed by atoms with E-state index in [2.05, 4.69) is 28.8 Å². The summed E-state index contributed by atoms with van der Waals surface area (Å²) in [6.07, 6.45) is 2.72. The molecule has 1 atom stereocenters. The maximum atomic E-state index is 11.2. The zero-order valence-corrected chi connectivity index (χ0v) is 12.2. The van der Waals surface area contributed by atoms with Crippen molar-refractivity contribution >= 4 is 6.09 Å². The lowest BCUT2D eigenvalue weighted by atomic mass is 10.1. The molecule has 0 fully saturated rings. The van der Waals surface area contributed by atoms with Gasteiger partial charge >= 0.3 is 6.09 Å². The third-order valence-corrected chi connectivity index (χ3v) is 2.83. The van der Waals surface area contributed by atoms with Gasteiger partial charge in [0.25, 0.3) is 0 Å². The molecule has 21 heavy (non-hydrogen) atoms. The molecule has 5 nitrogen and oxygen atoms in total. The second kappa shape index (κ2) is 10.4. The second-order valence-electron chi connectivity index (χ2n) is 4.51. The lowest BCUT2D eigenvalue weighted by molar-refractivity contribution is 0.129. The Morgan fingerprint density at radius 1 is 1.43 bits per heavy atom. The summed E-state index contributed by atoms with van der Waals surface area (Å²) in [5.41, 5.74) is 9.38. The molecule has 0 aliphatic heterocycles. The number of hydrogen-bond donors (Lipinski definition) is 0. The van der Waals surface area contributed by atoms with E-state index in [1.807, 2.05) is 30.3 Å². The normalized spacial score (nSPS) is 10.7. The number of benzene rings is 1. The Labute approximate surface area is 124 Å². The van der Waals surface area contributed by atoms with E-state index in [0.717, 1.165) is 31.2 Å². The van der Waals surface area contributed by atoms with Crippen LogP contribution in [0, 0.1) is 11.8 Å². The Morgan fingerprint density at radius 2 is 2.19 bits per heavy atom. The summed E-state index contributed by atoms with van der Waals surface area (Å²) in [7, 11) is 0. The summed E-state index contributed by atoms with van der Waals surface area (Å²) in [5.74, 6) is 5.95. The fraction of sp³-hybridized carbons (Fsp3) is 0.438. The molecule has 0 heterocycles. The minimum atomic E-state index is -0.930. The van der Waals surface area contributed by atoms with Crippen LogP contribution in [-0.4, -0.2) is 12.2 Å². The van der Waals surface area contributed by atoms with Crippen LogP contribution in [0.15, 0.2) is 35.4 Å². The molecule has 0 saturated heterocycles. The van der Waals surface area contributed by atoms with Crippen LogP contribution in [-0.2, 0) is 11.2 Å². The van der Waals surface area contributed by atoms with Gasteiger partial charge in [-0.15, -0.1) is 0 Å². The molecule has 1 rings (SSSR count). The van der Waals surface area contributed by atoms with Crippen LogP contribution in [0.25, 0.3) is 10.4 Å². The number of carbonyl (C=O) groups is 1. The van der Waals surface area contributed by atoms with E-state index in [9.17, 15) is 4.79 Å². The zero-order valence-electron chi connectivity index (χ0n) is 12.2. The fourth-order valence-corrected chi connectivity index (χ4v) is 1.74. The molecule has 1 unspecified atom stereocenters. The minimum absolute atomic E-state index is 0.542. The van der Waals surface area contributed by atoms with E-state index < -0.39 is 12.2 Å². The van der Waals surface area contributed by atoms with Crippen molar-refractivity contribution in [3.63, 3.8) is 0 Å². The Balaban J connectivity index is 2.59. The molecule has 0 N–H and O–H groups in total. The average Bonchev–Trinajstić information content (AvgIpc) is 2.50. The van der Waals surface area contributed by atoms with Gasteiger partial charge in [-0.3, -0.25) is 0 Å². The maximum absolute atomic E-state index is 11.2. The molecule has 0 spiro atoms. The highest BCUT2D eigenvalue weighted by atomic mass is 16.6. The lowest BCUT2D eigenvalue weighted by Gasteiger charge is -2.10. The molecular formula is C16H19N3O2. The molecule has 5 heteroatoms. The van der Waals surface area contributed by atoms with Gasteiger partial charge in [-0.2, -0.15) is 0 Å². The van der Waals surface area contributed by atoms with Crippen molar-refractivity contribution in [1.82, 2.24) is 0 Å². The van der Waals surface area contributed by atoms with Gasteiger partial charge in [-0.05, 0) is 30.4 Å². The first kappa shape index (κ1) is 16.6. The highest BCUT2D eigenvalue weighted by Crippen LogP contribution is 2.08. The van der Waals surface area contributed by atoms with Crippen LogP contribution >= 0.6 is 0 Å². The first-order valence-corrected chi connectivity index (χ1v) is 7.04. The second-order valence-corrected chi connectivity index (χ2v) is 4.51. The number of hydrogen-bond acceptors (Lipinski definition) is 2. The van der Waals surface area contributed by atoms with Crippen LogP contribution in [0.4, 0.5) is 4.79 Å². The number of ether oxygens (including phenoxy) is 1. The fourth-order valence-electron chi connectivity index (χ4n) is 1.74. The van der Waals surface area contributed by atoms with E-state index in [0.29, 0.717) is 6.42 Å². The van der Waals surface area contributed by atoms with Gasteiger partial charge in [0.1, 0.15) is 0 Å². The standard InChI is InChI=1S/C16H19N3O2/c1-2-3-4-8-11-15(21-16(20)18-19-17)13-12-14-9-6-5-7-10-14/h5-7,9-10,15H,2-4,12-13H2,1H3. The molecule has 110 valence electrons. The predicted molar refractivity (Wildman–Crippen MR) is 81.5 cm³/mol. The van der Waals surface area contributed by atoms with Crippen LogP contribution < -0.4 is 0 Å². The lowest BCUT2D eigenvalue weighted by Crippen LogP contribution is -2.15. The number of unbranched alkanes of at least 4 members (excludes halogenated alkanes) is 2. The first-order chi connectivity index (χ1) is 10.3. The summed E-state index contributed by atoms with van der Waals surface area (Å²) in [6.45, 7) is 2.09. The molecule has 0 aromatic heterocycles. The van der Waals surface area contributed by atoms with E-state index in [4.69, 9.17) is 10.3 Å². The Hall–Kier alpha value is -2.44. The van der Waals surface area contributed by atoms with Crippen molar-refractivity contribution < 1.29 is 9.53 Å². The number of nitrogens with zero attached hydrogens (tertiary/aromatic N) is 3. The van der Waals surface area contributed by atoms with E-state index in [-0.39, 0.29) is 0 Å². The Morgan fingerprint density at radius 3 is 2.86 bits per heavy atom. The largest absolute Gasteiger partial charge is 0.444 e. The number of rotatable bonds is 6. The van der Waals surface area contributed by atoms with Gasteiger partial charge in [-0.25, -0.2) is 4.79 Å². The number of aryl methyl sites for hydroxylation is 1. The van der Waals surface area contributed by atoms with Crippen molar-refractivity contribution in [3.05, 3.63) is 46.3 Å². The molecule has 1 aromatic carbocycles. The summed E-state index contributed by atoms with van der Waals surface area (Å²) in [5, 5.41) is 2.92. The van der Waals surface area contributed by atoms with Crippen molar-refractivity contribution in [2.45, 2.75) is 45.1 Å². The molecule has 0 bridgehead atoms. The summed E-state index contributed by atoms with van der Waals surface area (Å²) >= 11 is 0. The maximum Gasteiger partial charge on any atom is 0.397 e. The Bertz CT molecular complexity index is 540. The van der Waals surface area contributed by atoms with E-state index >= 15 is 0 Å². The van der Waals surface area contributed by atoms with Crippen LogP contribution in [0.5, 0.6) is 0 Å². The third-order valence-electron chi connectivity index (χ3n) is 2.83. The van der Waals surface area contributed by atoms with Crippen molar-refractivity contribution in [2.75, 3.05) is 0 Å². The van der Waals surface area contributed by atoms with Gasteiger partial charge < -0.3 is 4.74 Å². The minimum Gasteiger partial charge on any atom is -0.444 e. The van der Waals surface area contributed by atoms with Crippen molar-refractivity contribution in [1.29, 1.82) is 0 Å². The van der Waals surface area contributed by atoms with Crippen molar-refractivity contribution in [2.24, 2.45) is 5.11 Å². The number of carbonyl (C=O) groups excluding carboxylic acids is 1. The highest BCUT2D eigenvalue weighted by molar-refractivity contribution is 5.68. The highest BCUT2D eigenvalue weighted by Gasteiger charge is 2.10. The summed E-state index contributed by atoms with van der Waals surface area (Å²) in [6, 6.07) is 9.90. The monoisotopic (exact) mass is 285 g/mol. The number of amides is 1. The van der Waals surface area contributed by atoms with Gasteiger partial charge in [0.2, 0.25) is 0 Å². The SMILES string of the molecule is CCCCC#CC(CCc1ccccc1)OC(=O)N=[N+]=[N-]. The predicted octanol–water partition coefficient (Wildman–Crippen LogP) is 4.63. The summed E-state index contributed by atoms with van der Waals surface area (Å²) < 4.78 is 5.06. The van der Waals surface area contributed by atoms with Crippen molar-refractivity contribution in [3.8, 4) is 11.8 Å². The van der Waals surface area contributed by atoms with Crippen LogP contribution in [0.1, 0.15) is 38.2 Å². The molecular weight excluding hydrogens is 266 g/mol. The van der Waals surface area contributed by atoms with E-state index in [1.165, 1.54) is 0 Å². The molecule has 0 aliphatic carbocycles. The molecule has 0 saturated carbocycles. The smallest absolute Gasteiger partial charge is 0.397 e. The van der Waals surface area contributed by atoms with Crippen LogP contribution in [0.2, 0.25) is 0 Å². The van der Waals surface area contributed by atoms with E-state index in [1.54, 1.807) is 0 Å². The zero-order chi connectivity index (χ0) is 15.3. The summed E-state index contributed by atoms with van der Waals surface area (Å²) in [4.78, 5) is 13.7. The third kappa shape index (κ3) is 7.66. The average molecular weight is 285 g/mol. The number of azide groups is 1. The topological polar surface area (TPSA) is 75.1 Å². The molecule has 1 aromatic rings. The van der Waals surface area contributed by atoms with Gasteiger partial charge in [0.05, 0.1) is 0 Å². The molecule has 1 amide bonds. The quantitative estimate of drug-likeness (QED) is 0.251. The van der Waals surface area contributed by atoms with Gasteiger partial charge in [0.15, 0.2) is 6.10 Å². The van der Waals surface area contributed by atoms with Crippen LogP contribution in [0.3, 0.4) is 0 Å². The molecule has 0 radical (unpaired) electrons. The van der Waals surface area contributed by atoms with Gasteiger partial charge in [-0.1, -0.05) is 55.5 Å². The molecule has 0 aliphatic rings. The van der Waals surface area contributed by atoms with Gasteiger partial charge in [0, 0.05) is 16.4 Å². The Kier molecular flexibility index (Phi) is 8.20.